The lowest BCUT2D eigenvalue weighted by molar-refractivity contribution is -0.122. The van der Waals surface area contributed by atoms with E-state index in [1.54, 1.807) is 31.2 Å². The summed E-state index contributed by atoms with van der Waals surface area (Å²) < 4.78 is 0. The van der Waals surface area contributed by atoms with Crippen molar-refractivity contribution in [3.8, 4) is 0 Å². The van der Waals surface area contributed by atoms with Gasteiger partial charge in [0.05, 0.1) is 12.6 Å². The minimum Gasteiger partial charge on any atom is -0.393 e. The first-order valence-electron chi connectivity index (χ1n) is 7.11. The summed E-state index contributed by atoms with van der Waals surface area (Å²) in [4.78, 5) is 25.5. The van der Waals surface area contributed by atoms with Crippen molar-refractivity contribution in [2.24, 2.45) is 5.92 Å². The maximum Gasteiger partial charge on any atom is 0.269 e. The van der Waals surface area contributed by atoms with Crippen LogP contribution in [0.4, 0.5) is 0 Å². The Hall–Kier alpha value is -1.92. The van der Waals surface area contributed by atoms with Crippen LogP contribution < -0.4 is 10.9 Å². The van der Waals surface area contributed by atoms with Gasteiger partial charge >= 0.3 is 0 Å². The summed E-state index contributed by atoms with van der Waals surface area (Å²) in [6, 6.07) is 8.69. The molecule has 2 rings (SSSR count). The molecule has 2 unspecified atom stereocenters. The third-order valence-corrected chi connectivity index (χ3v) is 3.71. The quantitative estimate of drug-likeness (QED) is 0.690. The molecule has 1 fully saturated rings. The van der Waals surface area contributed by atoms with E-state index in [0.29, 0.717) is 12.1 Å². The molecule has 0 aliphatic carbocycles. The van der Waals surface area contributed by atoms with Crippen LogP contribution in [-0.2, 0) is 4.79 Å². The van der Waals surface area contributed by atoms with E-state index in [2.05, 4.69) is 10.9 Å². The molecule has 6 heteroatoms. The van der Waals surface area contributed by atoms with Crippen molar-refractivity contribution in [2.45, 2.75) is 19.4 Å². The van der Waals surface area contributed by atoms with E-state index >= 15 is 0 Å². The lowest BCUT2D eigenvalue weighted by atomic mass is 10.0. The van der Waals surface area contributed by atoms with Crippen LogP contribution in [0.25, 0.3) is 0 Å². The Balaban J connectivity index is 1.72. The van der Waals surface area contributed by atoms with E-state index in [0.717, 1.165) is 13.0 Å². The fourth-order valence-electron chi connectivity index (χ4n) is 2.43. The van der Waals surface area contributed by atoms with Crippen molar-refractivity contribution in [3.63, 3.8) is 0 Å². The number of hydrogen-bond donors (Lipinski definition) is 3. The molecule has 1 aromatic rings. The van der Waals surface area contributed by atoms with E-state index in [-0.39, 0.29) is 30.4 Å². The molecule has 0 bridgehead atoms. The largest absolute Gasteiger partial charge is 0.393 e. The van der Waals surface area contributed by atoms with E-state index in [9.17, 15) is 14.7 Å². The molecule has 2 amide bonds. The van der Waals surface area contributed by atoms with E-state index in [1.807, 2.05) is 11.0 Å². The second-order valence-electron chi connectivity index (χ2n) is 5.39. The number of carbonyl (C=O) groups excluding carboxylic acids is 2. The van der Waals surface area contributed by atoms with Gasteiger partial charge in [0.2, 0.25) is 0 Å². The highest BCUT2D eigenvalue weighted by atomic mass is 16.3. The molecule has 1 aliphatic heterocycles. The van der Waals surface area contributed by atoms with Crippen LogP contribution in [0.15, 0.2) is 30.3 Å². The highest BCUT2D eigenvalue weighted by Crippen LogP contribution is 2.18. The number of benzene rings is 1. The standard InChI is InChI=1S/C15H21N3O3/c1-11(19)13-7-8-18(9-13)10-14(20)16-17-15(21)12-5-3-2-4-6-12/h2-6,11,13,19H,7-10H2,1H3,(H,16,20)(H,17,21). The number of carbonyl (C=O) groups is 2. The fraction of sp³-hybridized carbons (Fsp3) is 0.467. The lowest BCUT2D eigenvalue weighted by Gasteiger charge is -2.17. The Morgan fingerprint density at radius 1 is 1.33 bits per heavy atom. The van der Waals surface area contributed by atoms with Gasteiger partial charge in [-0.1, -0.05) is 18.2 Å². The molecule has 0 spiro atoms. The van der Waals surface area contributed by atoms with Crippen LogP contribution in [-0.4, -0.2) is 47.6 Å². The van der Waals surface area contributed by atoms with Crippen LogP contribution in [0, 0.1) is 5.92 Å². The van der Waals surface area contributed by atoms with Gasteiger partial charge in [-0.15, -0.1) is 0 Å². The lowest BCUT2D eigenvalue weighted by Crippen LogP contribution is -2.46. The molecule has 1 saturated heterocycles. The molecule has 21 heavy (non-hydrogen) atoms. The Kier molecular flexibility index (Phi) is 5.30. The van der Waals surface area contributed by atoms with Gasteiger partial charge in [0.1, 0.15) is 0 Å². The Morgan fingerprint density at radius 2 is 2.05 bits per heavy atom. The summed E-state index contributed by atoms with van der Waals surface area (Å²) in [5.74, 6) is -0.380. The molecule has 0 aromatic heterocycles. The van der Waals surface area contributed by atoms with E-state index in [1.165, 1.54) is 0 Å². The molecular weight excluding hydrogens is 270 g/mol. The average Bonchev–Trinajstić information content (AvgIpc) is 2.94. The number of amides is 2. The molecule has 0 radical (unpaired) electrons. The molecule has 2 atom stereocenters. The average molecular weight is 291 g/mol. The van der Waals surface area contributed by atoms with Gasteiger partial charge in [0.25, 0.3) is 11.8 Å². The highest BCUT2D eigenvalue weighted by molar-refractivity contribution is 5.95. The predicted octanol–water partition coefficient (Wildman–Crippen LogP) is 0.150. The summed E-state index contributed by atoms with van der Waals surface area (Å²) in [6.07, 6.45) is 0.539. The molecule has 3 N–H and O–H groups in total. The van der Waals surface area contributed by atoms with Crippen LogP contribution in [0.5, 0.6) is 0 Å². The molecular formula is C15H21N3O3. The van der Waals surface area contributed by atoms with Crippen LogP contribution in [0.3, 0.4) is 0 Å². The minimum absolute atomic E-state index is 0.219. The molecule has 114 valence electrons. The molecule has 1 heterocycles. The second-order valence-corrected chi connectivity index (χ2v) is 5.39. The van der Waals surface area contributed by atoms with Gasteiger partial charge in [-0.2, -0.15) is 0 Å². The predicted molar refractivity (Wildman–Crippen MR) is 78.3 cm³/mol. The maximum absolute atomic E-state index is 11.8. The summed E-state index contributed by atoms with van der Waals surface area (Å²) in [6.45, 7) is 3.49. The zero-order chi connectivity index (χ0) is 15.2. The number of aliphatic hydroxyl groups excluding tert-OH is 1. The Morgan fingerprint density at radius 3 is 2.67 bits per heavy atom. The van der Waals surface area contributed by atoms with Gasteiger partial charge in [0.15, 0.2) is 0 Å². The number of likely N-dealkylation sites (tertiary alicyclic amines) is 1. The van der Waals surface area contributed by atoms with Crippen molar-refractivity contribution >= 4 is 11.8 Å². The molecule has 1 aliphatic rings. The SMILES string of the molecule is CC(O)C1CCN(CC(=O)NNC(=O)c2ccccc2)C1. The number of hydrazine groups is 1. The minimum atomic E-state index is -0.351. The molecule has 0 saturated carbocycles. The smallest absolute Gasteiger partial charge is 0.269 e. The number of hydrogen-bond acceptors (Lipinski definition) is 4. The van der Waals surface area contributed by atoms with Gasteiger partial charge in [-0.05, 0) is 37.9 Å². The van der Waals surface area contributed by atoms with Crippen molar-refractivity contribution in [1.29, 1.82) is 0 Å². The zero-order valence-electron chi connectivity index (χ0n) is 12.1. The van der Waals surface area contributed by atoms with Crippen molar-refractivity contribution in [1.82, 2.24) is 15.8 Å². The third-order valence-electron chi connectivity index (χ3n) is 3.71. The fourth-order valence-corrected chi connectivity index (χ4v) is 2.43. The first-order chi connectivity index (χ1) is 10.1. The van der Waals surface area contributed by atoms with Crippen LogP contribution >= 0.6 is 0 Å². The van der Waals surface area contributed by atoms with Crippen molar-refractivity contribution in [3.05, 3.63) is 35.9 Å². The third kappa shape index (κ3) is 4.54. The first kappa shape index (κ1) is 15.5. The molecule has 6 nitrogen and oxygen atoms in total. The maximum atomic E-state index is 11.8. The summed E-state index contributed by atoms with van der Waals surface area (Å²) in [7, 11) is 0. The monoisotopic (exact) mass is 291 g/mol. The Labute approximate surface area is 124 Å². The van der Waals surface area contributed by atoms with E-state index < -0.39 is 0 Å². The summed E-state index contributed by atoms with van der Waals surface area (Å²) in [5, 5.41) is 9.52. The number of nitrogens with zero attached hydrogens (tertiary/aromatic N) is 1. The number of aliphatic hydroxyl groups is 1. The van der Waals surface area contributed by atoms with E-state index in [4.69, 9.17) is 0 Å². The Bertz CT molecular complexity index is 490. The van der Waals surface area contributed by atoms with Crippen molar-refractivity contribution < 1.29 is 14.7 Å². The van der Waals surface area contributed by atoms with Crippen LogP contribution in [0.2, 0.25) is 0 Å². The van der Waals surface area contributed by atoms with Crippen molar-refractivity contribution in [2.75, 3.05) is 19.6 Å². The zero-order valence-corrected chi connectivity index (χ0v) is 12.1. The molecule has 1 aromatic carbocycles. The topological polar surface area (TPSA) is 81.7 Å². The van der Waals surface area contributed by atoms with Crippen LogP contribution in [0.1, 0.15) is 23.7 Å². The highest BCUT2D eigenvalue weighted by Gasteiger charge is 2.27. The van der Waals surface area contributed by atoms with Gasteiger partial charge in [0, 0.05) is 12.1 Å². The normalized spacial score (nSPS) is 20.0. The number of rotatable bonds is 4. The van der Waals surface area contributed by atoms with Gasteiger partial charge < -0.3 is 5.11 Å². The first-order valence-corrected chi connectivity index (χ1v) is 7.11. The second kappa shape index (κ2) is 7.19. The summed E-state index contributed by atoms with van der Waals surface area (Å²) in [5.41, 5.74) is 5.29. The summed E-state index contributed by atoms with van der Waals surface area (Å²) >= 11 is 0. The van der Waals surface area contributed by atoms with Gasteiger partial charge in [-0.3, -0.25) is 25.3 Å². The number of nitrogens with one attached hydrogen (secondary N) is 2. The van der Waals surface area contributed by atoms with Gasteiger partial charge in [-0.25, -0.2) is 0 Å².